The number of nitrogens with two attached hydrogens (primary N) is 1. The highest BCUT2D eigenvalue weighted by molar-refractivity contribution is 8.00. The molecule has 7 nitrogen and oxygen atoms in total. The number of pyridine rings is 1. The van der Waals surface area contributed by atoms with Gasteiger partial charge in [-0.25, -0.2) is 9.88 Å². The summed E-state index contributed by atoms with van der Waals surface area (Å²) in [6.45, 7) is 0. The van der Waals surface area contributed by atoms with Gasteiger partial charge < -0.3 is 5.73 Å². The van der Waals surface area contributed by atoms with E-state index in [9.17, 15) is 20.1 Å². The molecule has 2 N–H and O–H groups in total. The molecular formula is C23H14ClN5O2S. The van der Waals surface area contributed by atoms with Crippen LogP contribution in [0.2, 0.25) is 5.02 Å². The average Bonchev–Trinajstić information content (AvgIpc) is 3.07. The highest BCUT2D eigenvalue weighted by Gasteiger charge is 2.41. The van der Waals surface area contributed by atoms with Gasteiger partial charge in [0.1, 0.15) is 28.5 Å². The molecule has 1 saturated heterocycles. The number of hydrogen-bond acceptors (Lipinski definition) is 7. The van der Waals surface area contributed by atoms with E-state index < -0.39 is 11.2 Å². The molecule has 1 aromatic heterocycles. The highest BCUT2D eigenvalue weighted by atomic mass is 35.5. The van der Waals surface area contributed by atoms with Gasteiger partial charge in [-0.1, -0.05) is 53.7 Å². The fourth-order valence-corrected chi connectivity index (χ4v) is 4.71. The monoisotopic (exact) mass is 459 g/mol. The molecule has 0 bridgehead atoms. The lowest BCUT2D eigenvalue weighted by Gasteiger charge is -2.16. The van der Waals surface area contributed by atoms with E-state index in [-0.39, 0.29) is 34.3 Å². The summed E-state index contributed by atoms with van der Waals surface area (Å²) in [6, 6.07) is 19.4. The van der Waals surface area contributed by atoms with Crippen LogP contribution in [-0.4, -0.2) is 22.0 Å². The maximum Gasteiger partial charge on any atom is 0.247 e. The van der Waals surface area contributed by atoms with E-state index >= 15 is 0 Å². The zero-order valence-electron chi connectivity index (χ0n) is 16.4. The van der Waals surface area contributed by atoms with Crippen molar-refractivity contribution >= 4 is 46.7 Å². The lowest BCUT2D eigenvalue weighted by molar-refractivity contribution is -0.121. The van der Waals surface area contributed by atoms with Crippen molar-refractivity contribution in [3.8, 4) is 23.3 Å². The molecule has 0 spiro atoms. The summed E-state index contributed by atoms with van der Waals surface area (Å²) in [6.07, 6.45) is -0.0563. The van der Waals surface area contributed by atoms with Crippen molar-refractivity contribution in [3.63, 3.8) is 0 Å². The largest absolute Gasteiger partial charge is 0.383 e. The lowest BCUT2D eigenvalue weighted by Crippen LogP contribution is -2.31. The number of aromatic nitrogens is 1. The van der Waals surface area contributed by atoms with Crippen LogP contribution in [0.3, 0.4) is 0 Å². The number of benzene rings is 2. The number of carbonyl (C=O) groups is 2. The Bertz CT molecular complexity index is 1310. The first-order valence-corrected chi connectivity index (χ1v) is 10.7. The van der Waals surface area contributed by atoms with E-state index in [2.05, 4.69) is 11.1 Å². The van der Waals surface area contributed by atoms with Crippen LogP contribution in [0.5, 0.6) is 0 Å². The standard InChI is InChI=1S/C23H14ClN5O2S/c24-14-6-8-15(9-7-14)29-19(30)10-18(23(29)31)32-22-17(12-26)20(13-4-2-1-3-5-13)16(11-25)21(27)28-22/h1-9,18H,10H2,(H2,27,28)/t18-/m0/s1. The first-order chi connectivity index (χ1) is 15.4. The normalized spacial score (nSPS) is 15.5. The molecule has 0 saturated carbocycles. The molecular weight excluding hydrogens is 446 g/mol. The lowest BCUT2D eigenvalue weighted by atomic mass is 9.97. The quantitative estimate of drug-likeness (QED) is 0.581. The number of imide groups is 1. The number of halogens is 1. The number of hydrogen-bond donors (Lipinski definition) is 1. The van der Waals surface area contributed by atoms with Gasteiger partial charge in [0.15, 0.2) is 0 Å². The van der Waals surface area contributed by atoms with Gasteiger partial charge in [-0.15, -0.1) is 0 Å². The van der Waals surface area contributed by atoms with Gasteiger partial charge in [0.05, 0.1) is 16.5 Å². The number of amides is 2. The molecule has 156 valence electrons. The van der Waals surface area contributed by atoms with Crippen molar-refractivity contribution in [1.82, 2.24) is 4.98 Å². The summed E-state index contributed by atoms with van der Waals surface area (Å²) >= 11 is 6.90. The molecule has 3 aromatic rings. The molecule has 0 unspecified atom stereocenters. The van der Waals surface area contributed by atoms with Crippen molar-refractivity contribution in [3.05, 3.63) is 70.7 Å². The minimum absolute atomic E-state index is 0.0424. The van der Waals surface area contributed by atoms with E-state index in [1.54, 1.807) is 48.5 Å². The molecule has 4 rings (SSSR count). The zero-order chi connectivity index (χ0) is 22.8. The highest BCUT2D eigenvalue weighted by Crippen LogP contribution is 2.40. The summed E-state index contributed by atoms with van der Waals surface area (Å²) in [5.74, 6) is -0.824. The van der Waals surface area contributed by atoms with Crippen LogP contribution >= 0.6 is 23.4 Å². The second-order valence-corrected chi connectivity index (χ2v) is 8.50. The number of anilines is 2. The first kappa shape index (κ1) is 21.4. The number of carbonyl (C=O) groups excluding carboxylic acids is 2. The average molecular weight is 460 g/mol. The molecule has 32 heavy (non-hydrogen) atoms. The van der Waals surface area contributed by atoms with Crippen molar-refractivity contribution in [2.75, 3.05) is 10.6 Å². The van der Waals surface area contributed by atoms with Crippen LogP contribution in [0.1, 0.15) is 17.5 Å². The Kier molecular flexibility index (Phi) is 5.83. The first-order valence-electron chi connectivity index (χ1n) is 9.42. The Balaban J connectivity index is 1.74. The third-order valence-corrected chi connectivity index (χ3v) is 6.35. The van der Waals surface area contributed by atoms with Crippen molar-refractivity contribution in [1.29, 1.82) is 10.5 Å². The minimum atomic E-state index is -0.784. The number of nitrogens with zero attached hydrogens (tertiary/aromatic N) is 4. The molecule has 0 radical (unpaired) electrons. The second-order valence-electron chi connectivity index (χ2n) is 6.87. The van der Waals surface area contributed by atoms with Crippen LogP contribution in [0.4, 0.5) is 11.5 Å². The van der Waals surface area contributed by atoms with Crippen LogP contribution in [0.25, 0.3) is 11.1 Å². The molecule has 9 heteroatoms. The van der Waals surface area contributed by atoms with E-state index in [1.165, 1.54) is 0 Å². The Labute approximate surface area is 193 Å². The topological polar surface area (TPSA) is 124 Å². The Morgan fingerprint density at radius 1 is 1.03 bits per heavy atom. The van der Waals surface area contributed by atoms with Crippen LogP contribution in [-0.2, 0) is 9.59 Å². The molecule has 2 aromatic carbocycles. The third-order valence-electron chi connectivity index (χ3n) is 4.92. The summed E-state index contributed by atoms with van der Waals surface area (Å²) in [4.78, 5) is 30.9. The SMILES string of the molecule is N#Cc1c(N)nc(S[C@H]2CC(=O)N(c3ccc(Cl)cc3)C2=O)c(C#N)c1-c1ccccc1. The molecule has 1 aliphatic heterocycles. The predicted molar refractivity (Wildman–Crippen MR) is 122 cm³/mol. The minimum Gasteiger partial charge on any atom is -0.383 e. The fourth-order valence-electron chi connectivity index (χ4n) is 3.47. The maximum absolute atomic E-state index is 13.0. The summed E-state index contributed by atoms with van der Waals surface area (Å²) in [7, 11) is 0. The molecule has 1 fully saturated rings. The van der Waals surface area contributed by atoms with Crippen molar-refractivity contribution in [2.45, 2.75) is 16.7 Å². The smallest absolute Gasteiger partial charge is 0.247 e. The van der Waals surface area contributed by atoms with Gasteiger partial charge in [-0.3, -0.25) is 9.59 Å². The molecule has 2 heterocycles. The van der Waals surface area contributed by atoms with Crippen LogP contribution in [0, 0.1) is 22.7 Å². The Morgan fingerprint density at radius 2 is 1.69 bits per heavy atom. The van der Waals surface area contributed by atoms with Gasteiger partial charge in [-0.05, 0) is 29.8 Å². The van der Waals surface area contributed by atoms with Crippen molar-refractivity contribution < 1.29 is 9.59 Å². The third kappa shape index (κ3) is 3.78. The second kappa shape index (κ2) is 8.72. The van der Waals surface area contributed by atoms with Crippen molar-refractivity contribution in [2.24, 2.45) is 0 Å². The summed E-state index contributed by atoms with van der Waals surface area (Å²) in [5, 5.41) is 19.4. The predicted octanol–water partition coefficient (Wildman–Crippen LogP) is 4.15. The van der Waals surface area contributed by atoms with Gasteiger partial charge in [0.25, 0.3) is 0 Å². The number of nitriles is 2. The summed E-state index contributed by atoms with van der Waals surface area (Å²) < 4.78 is 0. The molecule has 1 aliphatic rings. The Morgan fingerprint density at radius 3 is 2.31 bits per heavy atom. The fraction of sp³-hybridized carbons (Fsp3) is 0.0870. The number of nitrogen functional groups attached to an aromatic ring is 1. The molecule has 1 atom stereocenters. The maximum atomic E-state index is 13.0. The van der Waals surface area contributed by atoms with Gasteiger partial charge in [0.2, 0.25) is 11.8 Å². The summed E-state index contributed by atoms with van der Waals surface area (Å²) in [5.41, 5.74) is 7.67. The Hall–Kier alpha value is -3.85. The molecule has 0 aliphatic carbocycles. The van der Waals surface area contributed by atoms with Crippen LogP contribution < -0.4 is 10.6 Å². The van der Waals surface area contributed by atoms with E-state index in [4.69, 9.17) is 17.3 Å². The van der Waals surface area contributed by atoms with Gasteiger partial charge in [-0.2, -0.15) is 10.5 Å². The number of rotatable bonds is 4. The van der Waals surface area contributed by atoms with E-state index in [1.807, 2.05) is 12.1 Å². The molecule has 2 amide bonds. The van der Waals surface area contributed by atoms with Gasteiger partial charge >= 0.3 is 0 Å². The zero-order valence-corrected chi connectivity index (χ0v) is 18.0. The van der Waals surface area contributed by atoms with Crippen LogP contribution in [0.15, 0.2) is 59.6 Å². The van der Waals surface area contributed by atoms with E-state index in [0.29, 0.717) is 21.8 Å². The van der Waals surface area contributed by atoms with Gasteiger partial charge in [0, 0.05) is 17.0 Å². The number of thioether (sulfide) groups is 1. The van der Waals surface area contributed by atoms with E-state index in [0.717, 1.165) is 16.7 Å².